The molecule has 2 amide bonds. The van der Waals surface area contributed by atoms with Gasteiger partial charge in [0.05, 0.1) is 16.1 Å². The zero-order valence-electron chi connectivity index (χ0n) is 13.2. The summed E-state index contributed by atoms with van der Waals surface area (Å²) in [6.45, 7) is 0. The Bertz CT molecular complexity index is 722. The van der Waals surface area contributed by atoms with Crippen molar-refractivity contribution in [2.45, 2.75) is 38.1 Å². The van der Waals surface area contributed by atoms with E-state index in [4.69, 9.17) is 0 Å². The van der Waals surface area contributed by atoms with Crippen LogP contribution in [-0.2, 0) is 0 Å². The number of thiophene rings is 1. The second-order valence-electron chi connectivity index (χ2n) is 5.97. The fourth-order valence-electron chi connectivity index (χ4n) is 2.94. The van der Waals surface area contributed by atoms with Crippen LogP contribution in [0.2, 0.25) is 0 Å². The predicted octanol–water partition coefficient (Wildman–Crippen LogP) is 3.77. The van der Waals surface area contributed by atoms with Gasteiger partial charge >= 0.3 is 0 Å². The second kappa shape index (κ2) is 7.49. The van der Waals surface area contributed by atoms with Gasteiger partial charge in [0, 0.05) is 12.1 Å². The summed E-state index contributed by atoms with van der Waals surface area (Å²) < 4.78 is 0. The van der Waals surface area contributed by atoms with Crippen molar-refractivity contribution in [1.82, 2.24) is 5.32 Å². The van der Waals surface area contributed by atoms with Crippen LogP contribution in [0.4, 0.5) is 5.69 Å². The van der Waals surface area contributed by atoms with Gasteiger partial charge < -0.3 is 15.7 Å². The molecule has 0 radical (unpaired) electrons. The predicted molar refractivity (Wildman–Crippen MR) is 94.7 cm³/mol. The smallest absolute Gasteiger partial charge is 0.265 e. The molecule has 0 spiro atoms. The molecule has 0 aliphatic heterocycles. The van der Waals surface area contributed by atoms with E-state index in [1.165, 1.54) is 36.0 Å². The molecule has 3 N–H and O–H groups in total. The number of rotatable bonds is 4. The lowest BCUT2D eigenvalue weighted by atomic mass is 9.95. The van der Waals surface area contributed by atoms with Crippen molar-refractivity contribution in [3.8, 4) is 5.75 Å². The van der Waals surface area contributed by atoms with Crippen LogP contribution in [0, 0.1) is 0 Å². The Hall–Kier alpha value is -2.34. The number of anilines is 1. The van der Waals surface area contributed by atoms with Crippen LogP contribution in [-0.4, -0.2) is 23.0 Å². The fraction of sp³-hybridized carbons (Fsp3) is 0.333. The minimum absolute atomic E-state index is 0.00527. The quantitative estimate of drug-likeness (QED) is 0.790. The summed E-state index contributed by atoms with van der Waals surface area (Å²) in [5.74, 6) is -0.503. The molecule has 1 aromatic carbocycles. The Morgan fingerprint density at radius 3 is 2.58 bits per heavy atom. The number of amides is 2. The highest BCUT2D eigenvalue weighted by Gasteiger charge is 2.20. The first-order chi connectivity index (χ1) is 11.6. The summed E-state index contributed by atoms with van der Waals surface area (Å²) >= 11 is 1.32. The Balaban J connectivity index is 1.77. The van der Waals surface area contributed by atoms with Gasteiger partial charge in [0.1, 0.15) is 5.75 Å². The molecule has 126 valence electrons. The lowest BCUT2D eigenvalue weighted by molar-refractivity contribution is 0.0928. The van der Waals surface area contributed by atoms with Gasteiger partial charge in [-0.25, -0.2) is 0 Å². The van der Waals surface area contributed by atoms with E-state index in [0.29, 0.717) is 16.1 Å². The number of phenols is 1. The van der Waals surface area contributed by atoms with Gasteiger partial charge in [-0.15, -0.1) is 11.3 Å². The third-order valence-corrected chi connectivity index (χ3v) is 5.05. The van der Waals surface area contributed by atoms with Crippen molar-refractivity contribution in [3.05, 3.63) is 46.2 Å². The maximum atomic E-state index is 12.6. The Morgan fingerprint density at radius 2 is 1.88 bits per heavy atom. The summed E-state index contributed by atoms with van der Waals surface area (Å²) in [6, 6.07) is 8.08. The molecule has 1 fully saturated rings. The summed E-state index contributed by atoms with van der Waals surface area (Å²) in [4.78, 5) is 25.4. The summed E-state index contributed by atoms with van der Waals surface area (Å²) in [5, 5.41) is 17.3. The monoisotopic (exact) mass is 344 g/mol. The minimum Gasteiger partial charge on any atom is -0.508 e. The molecule has 1 heterocycles. The zero-order chi connectivity index (χ0) is 16.9. The lowest BCUT2D eigenvalue weighted by Crippen LogP contribution is -2.36. The number of nitrogens with one attached hydrogen (secondary N) is 2. The molecule has 1 saturated carbocycles. The molecule has 0 saturated heterocycles. The number of phenolic OH excluding ortho intramolecular Hbond substituents is 1. The molecule has 0 atom stereocenters. The maximum absolute atomic E-state index is 12.6. The van der Waals surface area contributed by atoms with Crippen molar-refractivity contribution in [2.75, 3.05) is 5.32 Å². The van der Waals surface area contributed by atoms with Gasteiger partial charge in [-0.3, -0.25) is 9.59 Å². The molecular weight excluding hydrogens is 324 g/mol. The molecule has 3 rings (SSSR count). The van der Waals surface area contributed by atoms with Crippen LogP contribution in [0.1, 0.15) is 52.1 Å². The van der Waals surface area contributed by atoms with E-state index >= 15 is 0 Å². The zero-order valence-corrected chi connectivity index (χ0v) is 14.1. The van der Waals surface area contributed by atoms with Crippen LogP contribution in [0.5, 0.6) is 5.75 Å². The molecule has 1 aliphatic carbocycles. The van der Waals surface area contributed by atoms with Gasteiger partial charge in [0.15, 0.2) is 0 Å². The normalized spacial score (nSPS) is 15.0. The van der Waals surface area contributed by atoms with E-state index in [1.54, 1.807) is 12.1 Å². The first kappa shape index (κ1) is 16.5. The van der Waals surface area contributed by atoms with E-state index in [9.17, 15) is 14.7 Å². The number of carbonyl (C=O) groups excluding carboxylic acids is 2. The Labute approximate surface area is 144 Å². The third kappa shape index (κ3) is 3.94. The van der Waals surface area contributed by atoms with Gasteiger partial charge in [0.2, 0.25) is 0 Å². The fourth-order valence-corrected chi connectivity index (χ4v) is 3.55. The highest BCUT2D eigenvalue weighted by Crippen LogP contribution is 2.24. The molecule has 0 unspecified atom stereocenters. The standard InChI is InChI=1S/C18H20N2O3S/c21-13-8-9-14(17(22)19-12-5-2-1-3-6-12)15(11-13)20-18(23)16-7-4-10-24-16/h4,7-12,21H,1-3,5-6H2,(H,19,22)(H,20,23). The van der Waals surface area contributed by atoms with E-state index < -0.39 is 0 Å². The summed E-state index contributed by atoms with van der Waals surface area (Å²) in [7, 11) is 0. The Morgan fingerprint density at radius 1 is 1.08 bits per heavy atom. The lowest BCUT2D eigenvalue weighted by Gasteiger charge is -2.23. The van der Waals surface area contributed by atoms with Crippen molar-refractivity contribution >= 4 is 28.8 Å². The van der Waals surface area contributed by atoms with Crippen molar-refractivity contribution < 1.29 is 14.7 Å². The molecule has 0 bridgehead atoms. The van der Waals surface area contributed by atoms with E-state index in [1.807, 2.05) is 5.38 Å². The molecule has 6 heteroatoms. The Kier molecular flexibility index (Phi) is 5.15. The number of aromatic hydroxyl groups is 1. The third-order valence-electron chi connectivity index (χ3n) is 4.18. The molecule has 5 nitrogen and oxygen atoms in total. The molecular formula is C18H20N2O3S. The van der Waals surface area contributed by atoms with E-state index in [2.05, 4.69) is 10.6 Å². The number of carbonyl (C=O) groups is 2. The van der Waals surface area contributed by atoms with Crippen LogP contribution in [0.15, 0.2) is 35.7 Å². The average Bonchev–Trinajstić information content (AvgIpc) is 3.10. The topological polar surface area (TPSA) is 78.4 Å². The highest BCUT2D eigenvalue weighted by atomic mass is 32.1. The van der Waals surface area contributed by atoms with Gasteiger partial charge in [-0.1, -0.05) is 25.3 Å². The van der Waals surface area contributed by atoms with E-state index in [-0.39, 0.29) is 23.6 Å². The van der Waals surface area contributed by atoms with Crippen LogP contribution in [0.25, 0.3) is 0 Å². The van der Waals surface area contributed by atoms with Crippen molar-refractivity contribution in [2.24, 2.45) is 0 Å². The number of benzene rings is 1. The average molecular weight is 344 g/mol. The highest BCUT2D eigenvalue weighted by molar-refractivity contribution is 7.12. The SMILES string of the molecule is O=C(Nc1cc(O)ccc1C(=O)NC1CCCCC1)c1cccs1. The van der Waals surface area contributed by atoms with Gasteiger partial charge in [-0.2, -0.15) is 0 Å². The molecule has 1 aliphatic rings. The molecule has 1 aromatic heterocycles. The van der Waals surface area contributed by atoms with Gasteiger partial charge in [-0.05, 0) is 36.4 Å². The van der Waals surface area contributed by atoms with Gasteiger partial charge in [0.25, 0.3) is 11.8 Å². The second-order valence-corrected chi connectivity index (χ2v) is 6.92. The van der Waals surface area contributed by atoms with E-state index in [0.717, 1.165) is 25.7 Å². The van der Waals surface area contributed by atoms with Crippen molar-refractivity contribution in [1.29, 1.82) is 0 Å². The first-order valence-corrected chi connectivity index (χ1v) is 9.00. The summed E-state index contributed by atoms with van der Waals surface area (Å²) in [6.07, 6.45) is 5.44. The molecule has 24 heavy (non-hydrogen) atoms. The summed E-state index contributed by atoms with van der Waals surface area (Å²) in [5.41, 5.74) is 0.685. The number of hydrogen-bond acceptors (Lipinski definition) is 4. The van der Waals surface area contributed by atoms with Crippen LogP contribution < -0.4 is 10.6 Å². The molecule has 2 aromatic rings. The van der Waals surface area contributed by atoms with Crippen molar-refractivity contribution in [3.63, 3.8) is 0 Å². The van der Waals surface area contributed by atoms with Crippen LogP contribution >= 0.6 is 11.3 Å². The van der Waals surface area contributed by atoms with Crippen LogP contribution in [0.3, 0.4) is 0 Å². The minimum atomic E-state index is -0.290. The first-order valence-electron chi connectivity index (χ1n) is 8.12. The largest absolute Gasteiger partial charge is 0.508 e. The number of hydrogen-bond donors (Lipinski definition) is 3. The maximum Gasteiger partial charge on any atom is 0.265 e.